The fraction of sp³-hybridized carbons (Fsp3) is 0.143. The van der Waals surface area contributed by atoms with Crippen LogP contribution in [0, 0.1) is 18.6 Å². The quantitative estimate of drug-likeness (QED) is 0.382. The third kappa shape index (κ3) is 3.62. The second kappa shape index (κ2) is 7.96. The molecule has 152 valence electrons. The van der Waals surface area contributed by atoms with Gasteiger partial charge in [0.15, 0.2) is 0 Å². The predicted molar refractivity (Wildman–Crippen MR) is 121 cm³/mol. The number of aryl methyl sites for hydroxylation is 1. The molecule has 0 atom stereocenters. The van der Waals surface area contributed by atoms with Gasteiger partial charge in [-0.2, -0.15) is 14.9 Å². The van der Waals surface area contributed by atoms with Crippen molar-refractivity contribution in [3.8, 4) is 5.69 Å². The van der Waals surface area contributed by atoms with Crippen LogP contribution < -0.4 is 10.9 Å². The first-order chi connectivity index (χ1) is 14.5. The zero-order valence-corrected chi connectivity index (χ0v) is 17.6. The Bertz CT molecular complexity index is 1320. The molecule has 2 aromatic carbocycles. The van der Waals surface area contributed by atoms with Crippen LogP contribution in [0.3, 0.4) is 0 Å². The fourth-order valence-electron chi connectivity index (χ4n) is 3.14. The molecule has 8 nitrogen and oxygen atoms in total. The number of rotatable bonds is 5. The molecule has 9 heteroatoms. The number of aromatic amines is 1. The van der Waals surface area contributed by atoms with Gasteiger partial charge in [0.1, 0.15) is 11.5 Å². The lowest BCUT2D eigenvalue weighted by Crippen LogP contribution is -2.20. The third-order valence-electron chi connectivity index (χ3n) is 4.87. The van der Waals surface area contributed by atoms with Gasteiger partial charge in [-0.05, 0) is 55.9 Å². The van der Waals surface area contributed by atoms with Gasteiger partial charge in [-0.15, -0.1) is 0 Å². The van der Waals surface area contributed by atoms with Crippen LogP contribution in [-0.2, 0) is 7.05 Å². The molecule has 4 rings (SSSR count). The summed E-state index contributed by atoms with van der Waals surface area (Å²) in [6, 6.07) is 17.2. The Labute approximate surface area is 178 Å². The van der Waals surface area contributed by atoms with Crippen molar-refractivity contribution in [1.82, 2.24) is 24.2 Å². The van der Waals surface area contributed by atoms with Crippen LogP contribution >= 0.6 is 12.2 Å². The number of para-hydroxylation sites is 1. The highest BCUT2D eigenvalue weighted by Gasteiger charge is 2.16. The van der Waals surface area contributed by atoms with Gasteiger partial charge in [-0.1, -0.05) is 30.3 Å². The molecule has 0 spiro atoms. The molecule has 2 N–H and O–H groups in total. The first-order valence-corrected chi connectivity index (χ1v) is 9.76. The molecule has 2 heterocycles. The van der Waals surface area contributed by atoms with E-state index in [9.17, 15) is 4.79 Å². The zero-order chi connectivity index (χ0) is 21.3. The van der Waals surface area contributed by atoms with E-state index in [0.29, 0.717) is 16.3 Å². The number of anilines is 2. The van der Waals surface area contributed by atoms with Gasteiger partial charge < -0.3 is 5.32 Å². The van der Waals surface area contributed by atoms with Crippen molar-refractivity contribution >= 4 is 29.8 Å². The minimum absolute atomic E-state index is 0.100. The van der Waals surface area contributed by atoms with Crippen molar-refractivity contribution in [2.45, 2.75) is 13.8 Å². The van der Waals surface area contributed by atoms with E-state index in [1.807, 2.05) is 80.2 Å². The number of benzene rings is 2. The molecule has 0 amide bonds. The topological polar surface area (TPSA) is 84.9 Å². The number of hydrogen-bond acceptors (Lipinski definition) is 5. The SMILES string of the molecule is Cc1n[nH]c(=S)n1/N=C\c1ccc(Nc2c(C)n(C)n(-c3ccccc3)c2=O)cc1. The van der Waals surface area contributed by atoms with E-state index in [4.69, 9.17) is 12.2 Å². The summed E-state index contributed by atoms with van der Waals surface area (Å²) in [5.41, 5.74) is 3.82. The van der Waals surface area contributed by atoms with Crippen molar-refractivity contribution in [2.24, 2.45) is 12.1 Å². The summed E-state index contributed by atoms with van der Waals surface area (Å²) >= 11 is 5.14. The Hall–Kier alpha value is -3.72. The van der Waals surface area contributed by atoms with Crippen LogP contribution in [0.5, 0.6) is 0 Å². The number of nitrogens with one attached hydrogen (secondary N) is 2. The van der Waals surface area contributed by atoms with E-state index < -0.39 is 0 Å². The molecule has 0 aliphatic carbocycles. The second-order valence-electron chi connectivity index (χ2n) is 6.82. The van der Waals surface area contributed by atoms with Crippen molar-refractivity contribution < 1.29 is 0 Å². The predicted octanol–water partition coefficient (Wildman–Crippen LogP) is 3.67. The van der Waals surface area contributed by atoms with Gasteiger partial charge in [0, 0.05) is 12.7 Å². The van der Waals surface area contributed by atoms with Crippen molar-refractivity contribution in [2.75, 3.05) is 5.32 Å². The van der Waals surface area contributed by atoms with Crippen LogP contribution in [0.2, 0.25) is 0 Å². The monoisotopic (exact) mass is 419 g/mol. The van der Waals surface area contributed by atoms with Crippen molar-refractivity contribution in [3.63, 3.8) is 0 Å². The summed E-state index contributed by atoms with van der Waals surface area (Å²) < 4.78 is 5.49. The maximum atomic E-state index is 13.0. The van der Waals surface area contributed by atoms with Gasteiger partial charge in [0.05, 0.1) is 17.6 Å². The largest absolute Gasteiger partial charge is 0.349 e. The third-order valence-corrected chi connectivity index (χ3v) is 5.13. The van der Waals surface area contributed by atoms with Crippen molar-refractivity contribution in [1.29, 1.82) is 0 Å². The first-order valence-electron chi connectivity index (χ1n) is 9.35. The Balaban J connectivity index is 1.59. The molecular weight excluding hydrogens is 398 g/mol. The Morgan fingerprint density at radius 1 is 1.10 bits per heavy atom. The molecule has 2 aromatic heterocycles. The van der Waals surface area contributed by atoms with Crippen LogP contribution in [0.15, 0.2) is 64.5 Å². The molecule has 4 aromatic rings. The van der Waals surface area contributed by atoms with Crippen molar-refractivity contribution in [3.05, 3.63) is 86.8 Å². The van der Waals surface area contributed by atoms with Gasteiger partial charge >= 0.3 is 0 Å². The summed E-state index contributed by atoms with van der Waals surface area (Å²) in [6.07, 6.45) is 1.71. The molecule has 0 saturated heterocycles. The molecule has 0 saturated carbocycles. The van der Waals surface area contributed by atoms with Crippen LogP contribution in [-0.4, -0.2) is 30.5 Å². The average molecular weight is 420 g/mol. The normalized spacial score (nSPS) is 11.3. The van der Waals surface area contributed by atoms with E-state index >= 15 is 0 Å². The average Bonchev–Trinajstić information content (AvgIpc) is 3.18. The summed E-state index contributed by atoms with van der Waals surface area (Å²) in [5.74, 6) is 0.684. The van der Waals surface area contributed by atoms with Gasteiger partial charge in [-0.3, -0.25) is 14.6 Å². The lowest BCUT2D eigenvalue weighted by molar-refractivity contribution is 0.630. The summed E-state index contributed by atoms with van der Waals surface area (Å²) in [4.78, 5) is 13.0. The fourth-order valence-corrected chi connectivity index (χ4v) is 3.36. The highest BCUT2D eigenvalue weighted by molar-refractivity contribution is 7.71. The highest BCUT2D eigenvalue weighted by atomic mass is 32.1. The smallest absolute Gasteiger partial charge is 0.295 e. The van der Waals surface area contributed by atoms with Gasteiger partial charge in [0.25, 0.3) is 5.56 Å². The number of nitrogens with zero attached hydrogens (tertiary/aromatic N) is 5. The molecular formula is C21H21N7OS. The number of aromatic nitrogens is 5. The molecule has 30 heavy (non-hydrogen) atoms. The first kappa shape index (κ1) is 19.6. The standard InChI is InChI=1S/C21H21N7OS/c1-14-19(20(29)28(26(14)3)18-7-5-4-6-8-18)23-17-11-9-16(10-12-17)13-22-27-15(2)24-25-21(27)30/h4-13,23H,1-3H3,(H,25,30)/b22-13-. The summed E-state index contributed by atoms with van der Waals surface area (Å²) in [6.45, 7) is 3.74. The lowest BCUT2D eigenvalue weighted by Gasteiger charge is -2.07. The molecule has 0 fully saturated rings. The van der Waals surface area contributed by atoms with Gasteiger partial charge in [0.2, 0.25) is 4.77 Å². The minimum atomic E-state index is -0.100. The number of H-pyrrole nitrogens is 1. The van der Waals surface area contributed by atoms with E-state index in [1.165, 1.54) is 0 Å². The number of hydrogen-bond donors (Lipinski definition) is 2. The maximum Gasteiger partial charge on any atom is 0.295 e. The Morgan fingerprint density at radius 2 is 1.80 bits per heavy atom. The molecule has 0 radical (unpaired) electrons. The summed E-state index contributed by atoms with van der Waals surface area (Å²) in [7, 11) is 1.87. The van der Waals surface area contributed by atoms with Crippen LogP contribution in [0.25, 0.3) is 5.69 Å². The molecule has 0 aliphatic heterocycles. The summed E-state index contributed by atoms with van der Waals surface area (Å²) in [5, 5.41) is 14.3. The lowest BCUT2D eigenvalue weighted by atomic mass is 10.2. The highest BCUT2D eigenvalue weighted by Crippen LogP contribution is 2.19. The molecule has 0 bridgehead atoms. The van der Waals surface area contributed by atoms with E-state index in [-0.39, 0.29) is 5.56 Å². The molecule has 0 unspecified atom stereocenters. The second-order valence-corrected chi connectivity index (χ2v) is 7.20. The van der Waals surface area contributed by atoms with Crippen LogP contribution in [0.1, 0.15) is 17.1 Å². The molecule has 0 aliphatic rings. The van der Waals surface area contributed by atoms with E-state index in [1.54, 1.807) is 15.6 Å². The minimum Gasteiger partial charge on any atom is -0.349 e. The van der Waals surface area contributed by atoms with E-state index in [0.717, 1.165) is 22.6 Å². The van der Waals surface area contributed by atoms with Gasteiger partial charge in [-0.25, -0.2) is 4.68 Å². The van der Waals surface area contributed by atoms with Crippen LogP contribution in [0.4, 0.5) is 11.4 Å². The van der Waals surface area contributed by atoms with E-state index in [2.05, 4.69) is 20.6 Å². The zero-order valence-electron chi connectivity index (χ0n) is 16.8. The Kier molecular flexibility index (Phi) is 5.20. The Morgan fingerprint density at radius 3 is 2.43 bits per heavy atom. The maximum absolute atomic E-state index is 13.0.